The summed E-state index contributed by atoms with van der Waals surface area (Å²) in [6.07, 6.45) is 6.13. The first-order valence-electron chi connectivity index (χ1n) is 7.31. The van der Waals surface area contributed by atoms with Gasteiger partial charge in [-0.15, -0.1) is 0 Å². The monoisotopic (exact) mass is 279 g/mol. The summed E-state index contributed by atoms with van der Waals surface area (Å²) in [5, 5.41) is 3.74. The van der Waals surface area contributed by atoms with Crippen molar-refractivity contribution in [1.82, 2.24) is 5.32 Å². The van der Waals surface area contributed by atoms with Gasteiger partial charge in [0.05, 0.1) is 0 Å². The number of nitrogens with one attached hydrogen (secondary N) is 1. The number of aryl methyl sites for hydroxylation is 1. The van der Waals surface area contributed by atoms with E-state index in [4.69, 9.17) is 0 Å². The van der Waals surface area contributed by atoms with Crippen LogP contribution in [-0.2, 0) is 10.8 Å². The van der Waals surface area contributed by atoms with Gasteiger partial charge in [0.25, 0.3) is 0 Å². The van der Waals surface area contributed by atoms with Crippen molar-refractivity contribution in [1.29, 1.82) is 0 Å². The molecular weight excluding hydrogens is 254 g/mol. The van der Waals surface area contributed by atoms with Gasteiger partial charge >= 0.3 is 0 Å². The van der Waals surface area contributed by atoms with Crippen molar-refractivity contribution in [2.75, 3.05) is 12.8 Å². The van der Waals surface area contributed by atoms with Crippen LogP contribution in [0.2, 0.25) is 0 Å². The Balaban J connectivity index is 1.98. The van der Waals surface area contributed by atoms with Crippen LogP contribution in [0.4, 0.5) is 0 Å². The Hall–Kier alpha value is -0.670. The molecule has 0 aromatic heterocycles. The second-order valence-electron chi connectivity index (χ2n) is 5.56. The molecule has 3 heteroatoms. The van der Waals surface area contributed by atoms with Gasteiger partial charge in [0, 0.05) is 27.8 Å². The topological polar surface area (TPSA) is 29.1 Å². The lowest BCUT2D eigenvalue weighted by Crippen LogP contribution is -2.28. The molecule has 0 heterocycles. The Morgan fingerprint density at radius 3 is 2.42 bits per heavy atom. The standard InChI is InChI=1S/C16H25NOS/c1-13-8-10-14(11-9-13)16(17-2)12-19(18)15-6-4-3-5-7-15/h8-11,15-17H,3-7,12H2,1-2H3. The summed E-state index contributed by atoms with van der Waals surface area (Å²) in [4.78, 5) is 0. The van der Waals surface area contributed by atoms with Gasteiger partial charge in [0.1, 0.15) is 0 Å². The second-order valence-corrected chi connectivity index (χ2v) is 7.32. The molecule has 0 amide bonds. The molecule has 2 unspecified atom stereocenters. The first-order chi connectivity index (χ1) is 9.20. The summed E-state index contributed by atoms with van der Waals surface area (Å²) in [5.41, 5.74) is 2.52. The maximum absolute atomic E-state index is 12.5. The molecule has 1 aliphatic rings. The van der Waals surface area contributed by atoms with Crippen LogP contribution in [-0.4, -0.2) is 22.3 Å². The molecule has 0 bridgehead atoms. The largest absolute Gasteiger partial charge is 0.312 e. The highest BCUT2D eigenvalue weighted by Crippen LogP contribution is 2.24. The third-order valence-electron chi connectivity index (χ3n) is 4.08. The Morgan fingerprint density at radius 1 is 1.21 bits per heavy atom. The van der Waals surface area contributed by atoms with Gasteiger partial charge in [0.2, 0.25) is 0 Å². The Labute approximate surface area is 119 Å². The predicted molar refractivity (Wildman–Crippen MR) is 82.9 cm³/mol. The van der Waals surface area contributed by atoms with E-state index in [2.05, 4.69) is 36.5 Å². The SMILES string of the molecule is CNC(CS(=O)C1CCCCC1)c1ccc(C)cc1. The van der Waals surface area contributed by atoms with Crippen molar-refractivity contribution in [2.24, 2.45) is 0 Å². The van der Waals surface area contributed by atoms with E-state index in [9.17, 15) is 4.21 Å². The van der Waals surface area contributed by atoms with Crippen LogP contribution in [0.5, 0.6) is 0 Å². The van der Waals surface area contributed by atoms with E-state index in [-0.39, 0.29) is 6.04 Å². The van der Waals surface area contributed by atoms with Crippen LogP contribution in [0.3, 0.4) is 0 Å². The van der Waals surface area contributed by atoms with Crippen LogP contribution in [0.15, 0.2) is 24.3 Å². The zero-order chi connectivity index (χ0) is 13.7. The normalized spacial score (nSPS) is 20.1. The summed E-state index contributed by atoms with van der Waals surface area (Å²) < 4.78 is 12.5. The molecule has 2 atom stereocenters. The summed E-state index contributed by atoms with van der Waals surface area (Å²) in [6, 6.07) is 8.76. The van der Waals surface area contributed by atoms with Crippen LogP contribution < -0.4 is 5.32 Å². The fraction of sp³-hybridized carbons (Fsp3) is 0.625. The van der Waals surface area contributed by atoms with Crippen molar-refractivity contribution < 1.29 is 4.21 Å². The molecule has 106 valence electrons. The highest BCUT2D eigenvalue weighted by molar-refractivity contribution is 7.85. The summed E-state index contributed by atoms with van der Waals surface area (Å²) in [5.74, 6) is 0.740. The van der Waals surface area contributed by atoms with Crippen LogP contribution >= 0.6 is 0 Å². The smallest absolute Gasteiger partial charge is 0.0434 e. The van der Waals surface area contributed by atoms with Gasteiger partial charge in [-0.2, -0.15) is 0 Å². The highest BCUT2D eigenvalue weighted by Gasteiger charge is 2.22. The fourth-order valence-corrected chi connectivity index (χ4v) is 4.59. The average molecular weight is 279 g/mol. The number of benzene rings is 1. The number of rotatable bonds is 5. The first kappa shape index (κ1) is 14.7. The minimum absolute atomic E-state index is 0.211. The van der Waals surface area contributed by atoms with E-state index in [1.165, 1.54) is 30.4 Å². The molecule has 0 aliphatic heterocycles. The molecule has 0 radical (unpaired) electrons. The minimum atomic E-state index is -0.705. The first-order valence-corrected chi connectivity index (χ1v) is 8.70. The van der Waals surface area contributed by atoms with Gasteiger partial charge in [-0.3, -0.25) is 4.21 Å². The summed E-state index contributed by atoms with van der Waals surface area (Å²) in [7, 11) is 1.26. The zero-order valence-electron chi connectivity index (χ0n) is 12.0. The molecule has 1 aliphatic carbocycles. The van der Waals surface area contributed by atoms with Gasteiger partial charge in [-0.05, 0) is 32.4 Å². The van der Waals surface area contributed by atoms with Crippen molar-refractivity contribution in [3.05, 3.63) is 35.4 Å². The van der Waals surface area contributed by atoms with Crippen molar-refractivity contribution in [3.8, 4) is 0 Å². The molecule has 0 saturated heterocycles. The lowest BCUT2D eigenvalue weighted by atomic mass is 10.0. The Bertz CT molecular complexity index is 409. The molecule has 1 aromatic rings. The molecule has 2 rings (SSSR count). The maximum atomic E-state index is 12.5. The Morgan fingerprint density at radius 2 is 1.84 bits per heavy atom. The third kappa shape index (κ3) is 4.15. The molecular formula is C16H25NOS. The van der Waals surface area contributed by atoms with Gasteiger partial charge < -0.3 is 5.32 Å². The van der Waals surface area contributed by atoms with Gasteiger partial charge in [-0.1, -0.05) is 49.1 Å². The highest BCUT2D eigenvalue weighted by atomic mass is 32.2. The van der Waals surface area contributed by atoms with E-state index >= 15 is 0 Å². The molecule has 19 heavy (non-hydrogen) atoms. The summed E-state index contributed by atoms with van der Waals surface area (Å²) >= 11 is 0. The minimum Gasteiger partial charge on any atom is -0.312 e. The van der Waals surface area contributed by atoms with Crippen LogP contribution in [0, 0.1) is 6.92 Å². The lowest BCUT2D eigenvalue weighted by molar-refractivity contribution is 0.502. The van der Waals surface area contributed by atoms with Crippen molar-refractivity contribution >= 4 is 10.8 Å². The molecule has 1 aromatic carbocycles. The van der Waals surface area contributed by atoms with Crippen molar-refractivity contribution in [2.45, 2.75) is 50.3 Å². The fourth-order valence-electron chi connectivity index (χ4n) is 2.77. The van der Waals surface area contributed by atoms with E-state index < -0.39 is 10.8 Å². The Kier molecular flexibility index (Phi) is 5.59. The van der Waals surface area contributed by atoms with Gasteiger partial charge in [0.15, 0.2) is 0 Å². The predicted octanol–water partition coefficient (Wildman–Crippen LogP) is 3.34. The van der Waals surface area contributed by atoms with E-state index in [0.29, 0.717) is 5.25 Å². The summed E-state index contributed by atoms with van der Waals surface area (Å²) in [6.45, 7) is 2.10. The quantitative estimate of drug-likeness (QED) is 0.895. The number of hydrogen-bond donors (Lipinski definition) is 1. The second kappa shape index (κ2) is 7.20. The van der Waals surface area contributed by atoms with Crippen LogP contribution in [0.25, 0.3) is 0 Å². The van der Waals surface area contributed by atoms with E-state index in [0.717, 1.165) is 18.6 Å². The maximum Gasteiger partial charge on any atom is 0.0434 e. The lowest BCUT2D eigenvalue weighted by Gasteiger charge is -2.24. The molecule has 1 saturated carbocycles. The number of hydrogen-bond acceptors (Lipinski definition) is 2. The van der Waals surface area contributed by atoms with Crippen LogP contribution in [0.1, 0.15) is 49.3 Å². The molecule has 1 fully saturated rings. The third-order valence-corrected chi connectivity index (χ3v) is 5.96. The zero-order valence-corrected chi connectivity index (χ0v) is 12.8. The van der Waals surface area contributed by atoms with Gasteiger partial charge in [-0.25, -0.2) is 0 Å². The van der Waals surface area contributed by atoms with E-state index in [1.807, 2.05) is 7.05 Å². The average Bonchev–Trinajstić information content (AvgIpc) is 2.46. The molecule has 1 N–H and O–H groups in total. The molecule has 0 spiro atoms. The molecule has 2 nitrogen and oxygen atoms in total. The van der Waals surface area contributed by atoms with E-state index in [1.54, 1.807) is 0 Å². The van der Waals surface area contributed by atoms with Crippen molar-refractivity contribution in [3.63, 3.8) is 0 Å².